The van der Waals surface area contributed by atoms with Crippen LogP contribution in [0.5, 0.6) is 0 Å². The van der Waals surface area contributed by atoms with Crippen molar-refractivity contribution in [2.24, 2.45) is 0 Å². The van der Waals surface area contributed by atoms with E-state index in [1.54, 1.807) is 0 Å². The Hall–Kier alpha value is -1.53. The Morgan fingerprint density at radius 3 is 2.87 bits per heavy atom. The summed E-state index contributed by atoms with van der Waals surface area (Å²) in [7, 11) is 0. The first-order valence-electron chi connectivity index (χ1n) is 4.36. The highest BCUT2D eigenvalue weighted by molar-refractivity contribution is 5.73. The first-order chi connectivity index (χ1) is 7.04. The molecule has 0 fully saturated rings. The van der Waals surface area contributed by atoms with Gasteiger partial charge in [-0.25, -0.2) is 4.68 Å². The number of nitrogens with zero attached hydrogens (tertiary/aromatic N) is 3. The summed E-state index contributed by atoms with van der Waals surface area (Å²) in [6.07, 6.45) is -2.71. The fourth-order valence-electron chi connectivity index (χ4n) is 1.68. The van der Waals surface area contributed by atoms with E-state index >= 15 is 0 Å². The maximum Gasteiger partial charge on any atom is 0.410 e. The molecular weight excluding hydrogens is 211 g/mol. The second kappa shape index (κ2) is 3.25. The van der Waals surface area contributed by atoms with Crippen molar-refractivity contribution in [2.75, 3.05) is 11.4 Å². The van der Waals surface area contributed by atoms with Crippen LogP contribution in [0.15, 0.2) is 12.3 Å². The van der Waals surface area contributed by atoms with Crippen LogP contribution in [0.2, 0.25) is 0 Å². The number of anilines is 1. The Labute approximate surface area is 83.3 Å². The maximum atomic E-state index is 12.6. The minimum absolute atomic E-state index is 0.0688. The van der Waals surface area contributed by atoms with Crippen LogP contribution in [0.25, 0.3) is 0 Å². The van der Waals surface area contributed by atoms with Crippen LogP contribution in [0, 0.1) is 0 Å². The van der Waals surface area contributed by atoms with Crippen molar-refractivity contribution in [3.05, 3.63) is 12.3 Å². The van der Waals surface area contributed by atoms with Gasteiger partial charge in [0.25, 0.3) is 0 Å². The van der Waals surface area contributed by atoms with Crippen LogP contribution in [0.1, 0.15) is 12.5 Å². The van der Waals surface area contributed by atoms with Crippen molar-refractivity contribution in [3.63, 3.8) is 0 Å². The van der Waals surface area contributed by atoms with E-state index in [0.717, 1.165) is 4.68 Å². The lowest BCUT2D eigenvalue weighted by atomic mass is 10.1. The number of carbonyl (C=O) groups excluding carboxylic acids is 1. The molecule has 0 aromatic carbocycles. The van der Waals surface area contributed by atoms with Gasteiger partial charge < -0.3 is 0 Å². The van der Waals surface area contributed by atoms with Crippen LogP contribution < -0.4 is 4.90 Å². The molecule has 1 unspecified atom stereocenters. The topological polar surface area (TPSA) is 38.1 Å². The lowest BCUT2D eigenvalue weighted by molar-refractivity contribution is -0.172. The Balaban J connectivity index is 2.40. The van der Waals surface area contributed by atoms with Crippen molar-refractivity contribution in [1.29, 1.82) is 0 Å². The first-order valence-corrected chi connectivity index (χ1v) is 4.36. The standard InChI is InChI=1S/C8H8F3N3O/c9-8(10,11)6-2-4-13(5-15)7-1-3-12-14(6)7/h1,3,5-6H,2,4H2. The van der Waals surface area contributed by atoms with Gasteiger partial charge in [-0.2, -0.15) is 18.3 Å². The van der Waals surface area contributed by atoms with Gasteiger partial charge in [-0.1, -0.05) is 0 Å². The number of fused-ring (bicyclic) bond motifs is 1. The molecule has 7 heteroatoms. The molecule has 15 heavy (non-hydrogen) atoms. The van der Waals surface area contributed by atoms with Gasteiger partial charge in [0.05, 0.1) is 6.20 Å². The number of alkyl halides is 3. The molecule has 0 saturated carbocycles. The Kier molecular flexibility index (Phi) is 2.17. The highest BCUT2D eigenvalue weighted by atomic mass is 19.4. The SMILES string of the molecule is O=CN1CCC(C(F)(F)F)n2nccc21. The monoisotopic (exact) mass is 219 g/mol. The molecule has 4 nitrogen and oxygen atoms in total. The predicted molar refractivity (Wildman–Crippen MR) is 45.3 cm³/mol. The largest absolute Gasteiger partial charge is 0.410 e. The van der Waals surface area contributed by atoms with E-state index in [4.69, 9.17) is 0 Å². The third-order valence-corrected chi connectivity index (χ3v) is 2.39. The zero-order valence-corrected chi connectivity index (χ0v) is 7.61. The third kappa shape index (κ3) is 1.57. The van der Waals surface area contributed by atoms with Crippen LogP contribution in [-0.4, -0.2) is 28.9 Å². The van der Waals surface area contributed by atoms with Gasteiger partial charge in [0.2, 0.25) is 6.41 Å². The second-order valence-corrected chi connectivity index (χ2v) is 3.28. The van der Waals surface area contributed by atoms with Crippen molar-refractivity contribution >= 4 is 12.2 Å². The zero-order valence-electron chi connectivity index (χ0n) is 7.61. The number of hydrogen-bond donors (Lipinski definition) is 0. The lowest BCUT2D eigenvalue weighted by Gasteiger charge is -2.31. The van der Waals surface area contributed by atoms with Crippen molar-refractivity contribution in [1.82, 2.24) is 9.78 Å². The van der Waals surface area contributed by atoms with Gasteiger partial charge in [-0.15, -0.1) is 0 Å². The molecule has 2 rings (SSSR count). The Bertz CT molecular complexity index is 373. The molecule has 0 aliphatic carbocycles. The molecule has 1 aromatic rings. The average molecular weight is 219 g/mol. The van der Waals surface area contributed by atoms with Crippen LogP contribution in [0.3, 0.4) is 0 Å². The van der Waals surface area contributed by atoms with Crippen LogP contribution in [0.4, 0.5) is 19.0 Å². The molecule has 0 radical (unpaired) electrons. The summed E-state index contributed by atoms with van der Waals surface area (Å²) in [5, 5.41) is 3.60. The van der Waals surface area contributed by atoms with E-state index in [1.165, 1.54) is 17.2 Å². The molecule has 2 heterocycles. The number of carbonyl (C=O) groups is 1. The molecular formula is C8H8F3N3O. The molecule has 0 bridgehead atoms. The summed E-state index contributed by atoms with van der Waals surface area (Å²) < 4.78 is 38.5. The minimum atomic E-state index is -4.32. The van der Waals surface area contributed by atoms with Gasteiger partial charge in [0, 0.05) is 12.6 Å². The van der Waals surface area contributed by atoms with E-state index in [9.17, 15) is 18.0 Å². The number of aromatic nitrogens is 2. The summed E-state index contributed by atoms with van der Waals surface area (Å²) in [4.78, 5) is 11.8. The van der Waals surface area contributed by atoms with Gasteiger partial charge in [-0.3, -0.25) is 9.69 Å². The highest BCUT2D eigenvalue weighted by Gasteiger charge is 2.44. The fourth-order valence-corrected chi connectivity index (χ4v) is 1.68. The summed E-state index contributed by atoms with van der Waals surface area (Å²) >= 11 is 0. The second-order valence-electron chi connectivity index (χ2n) is 3.28. The summed E-state index contributed by atoms with van der Waals surface area (Å²) in [6, 6.07) is -0.231. The first kappa shape index (κ1) is 10.0. The number of halogens is 3. The molecule has 1 aliphatic rings. The lowest BCUT2D eigenvalue weighted by Crippen LogP contribution is -2.39. The van der Waals surface area contributed by atoms with Gasteiger partial charge in [-0.05, 0) is 6.42 Å². The molecule has 1 aliphatic heterocycles. The number of rotatable bonds is 1. The average Bonchev–Trinajstić information content (AvgIpc) is 2.62. The molecule has 0 saturated heterocycles. The smallest absolute Gasteiger partial charge is 0.300 e. The van der Waals surface area contributed by atoms with Gasteiger partial charge >= 0.3 is 6.18 Å². The quantitative estimate of drug-likeness (QED) is 0.669. The van der Waals surface area contributed by atoms with Gasteiger partial charge in [0.15, 0.2) is 6.04 Å². The van der Waals surface area contributed by atoms with Crippen LogP contribution >= 0.6 is 0 Å². The van der Waals surface area contributed by atoms with E-state index in [0.29, 0.717) is 6.41 Å². The van der Waals surface area contributed by atoms with Crippen molar-refractivity contribution < 1.29 is 18.0 Å². The normalized spacial score (nSPS) is 21.3. The van der Waals surface area contributed by atoms with E-state index in [-0.39, 0.29) is 18.8 Å². The van der Waals surface area contributed by atoms with E-state index in [1.807, 2.05) is 0 Å². The minimum Gasteiger partial charge on any atom is -0.300 e. The van der Waals surface area contributed by atoms with Gasteiger partial charge in [0.1, 0.15) is 5.82 Å². The molecule has 1 atom stereocenters. The molecule has 0 spiro atoms. The van der Waals surface area contributed by atoms with Crippen LogP contribution in [-0.2, 0) is 4.79 Å². The van der Waals surface area contributed by atoms with Crippen molar-refractivity contribution in [2.45, 2.75) is 18.6 Å². The predicted octanol–water partition coefficient (Wildman–Crippen LogP) is 1.35. The zero-order chi connectivity index (χ0) is 11.1. The third-order valence-electron chi connectivity index (χ3n) is 2.39. The molecule has 82 valence electrons. The molecule has 1 amide bonds. The number of hydrogen-bond acceptors (Lipinski definition) is 2. The molecule has 0 N–H and O–H groups in total. The van der Waals surface area contributed by atoms with E-state index < -0.39 is 12.2 Å². The Morgan fingerprint density at radius 2 is 2.27 bits per heavy atom. The Morgan fingerprint density at radius 1 is 1.53 bits per heavy atom. The van der Waals surface area contributed by atoms with Crippen molar-refractivity contribution in [3.8, 4) is 0 Å². The summed E-state index contributed by atoms with van der Waals surface area (Å²) in [5.74, 6) is 0.193. The van der Waals surface area contributed by atoms with E-state index in [2.05, 4.69) is 5.10 Å². The maximum absolute atomic E-state index is 12.6. The summed E-state index contributed by atoms with van der Waals surface area (Å²) in [6.45, 7) is 0.0688. The highest BCUT2D eigenvalue weighted by Crippen LogP contribution is 2.38. The fraction of sp³-hybridized carbons (Fsp3) is 0.500. The number of amides is 1. The molecule has 1 aromatic heterocycles. The summed E-state index contributed by atoms with van der Waals surface area (Å²) in [5.41, 5.74) is 0.